The van der Waals surface area contributed by atoms with Crippen molar-refractivity contribution in [2.45, 2.75) is 12.8 Å². The molecule has 0 unspecified atom stereocenters. The number of hydrogen-bond donors (Lipinski definition) is 2. The van der Waals surface area contributed by atoms with Gasteiger partial charge in [-0.15, -0.1) is 0 Å². The summed E-state index contributed by atoms with van der Waals surface area (Å²) in [6.07, 6.45) is 6.47. The molecule has 0 radical (unpaired) electrons. The van der Waals surface area contributed by atoms with E-state index in [-0.39, 0.29) is 0 Å². The highest BCUT2D eigenvalue weighted by molar-refractivity contribution is 5.83. The number of hydroxylamine groups is 1. The van der Waals surface area contributed by atoms with Crippen molar-refractivity contribution >= 4 is 10.9 Å². The molecule has 0 bridgehead atoms. The number of H-pyrrole nitrogens is 1. The van der Waals surface area contributed by atoms with E-state index in [0.717, 1.165) is 32.5 Å². The van der Waals surface area contributed by atoms with Crippen LogP contribution in [0, 0.1) is 0 Å². The Kier molecular flexibility index (Phi) is 4.04. The van der Waals surface area contributed by atoms with Crippen molar-refractivity contribution in [2.24, 2.45) is 0 Å². The molecule has 1 aliphatic heterocycles. The maximum atomic E-state index is 4.94. The van der Waals surface area contributed by atoms with Gasteiger partial charge in [-0.2, -0.15) is 0 Å². The van der Waals surface area contributed by atoms with Crippen LogP contribution in [0.2, 0.25) is 0 Å². The van der Waals surface area contributed by atoms with Crippen LogP contribution in [0.3, 0.4) is 0 Å². The number of nitrogens with one attached hydrogen (secondary N) is 2. The second-order valence-corrected chi connectivity index (χ2v) is 5.20. The van der Waals surface area contributed by atoms with Gasteiger partial charge in [0.05, 0.1) is 7.11 Å². The van der Waals surface area contributed by atoms with E-state index in [4.69, 9.17) is 4.84 Å². The molecule has 2 N–H and O–H groups in total. The highest BCUT2D eigenvalue weighted by Gasteiger charge is 2.12. The van der Waals surface area contributed by atoms with Crippen LogP contribution in [0.25, 0.3) is 10.9 Å². The lowest BCUT2D eigenvalue weighted by Crippen LogP contribution is -2.33. The van der Waals surface area contributed by atoms with Gasteiger partial charge in [0.1, 0.15) is 0 Å². The van der Waals surface area contributed by atoms with Crippen LogP contribution in [-0.4, -0.2) is 36.6 Å². The molecule has 0 fully saturated rings. The van der Waals surface area contributed by atoms with E-state index >= 15 is 0 Å². The van der Waals surface area contributed by atoms with Gasteiger partial charge in [-0.1, -0.05) is 18.2 Å². The SMILES string of the molecule is CONC1=CCN(CCc2c[nH]c3ccccc23)CC1. The van der Waals surface area contributed by atoms with E-state index in [9.17, 15) is 0 Å². The van der Waals surface area contributed by atoms with Crippen LogP contribution in [-0.2, 0) is 11.3 Å². The molecular weight excluding hydrogens is 250 g/mol. The van der Waals surface area contributed by atoms with Crippen molar-refractivity contribution < 1.29 is 4.84 Å². The molecule has 106 valence electrons. The minimum atomic E-state index is 0.994. The summed E-state index contributed by atoms with van der Waals surface area (Å²) >= 11 is 0. The molecule has 0 saturated carbocycles. The normalized spacial score (nSPS) is 16.4. The third-order valence-corrected chi connectivity index (χ3v) is 3.90. The quantitative estimate of drug-likeness (QED) is 0.821. The molecule has 1 aliphatic rings. The Morgan fingerprint density at radius 2 is 2.25 bits per heavy atom. The first-order chi connectivity index (χ1) is 9.86. The minimum Gasteiger partial charge on any atom is -0.361 e. The van der Waals surface area contributed by atoms with Gasteiger partial charge >= 0.3 is 0 Å². The highest BCUT2D eigenvalue weighted by Crippen LogP contribution is 2.18. The molecule has 1 aromatic heterocycles. The largest absolute Gasteiger partial charge is 0.361 e. The average molecular weight is 271 g/mol. The average Bonchev–Trinajstić information content (AvgIpc) is 2.90. The molecule has 0 atom stereocenters. The molecule has 0 aliphatic carbocycles. The topological polar surface area (TPSA) is 40.3 Å². The molecule has 0 amide bonds. The highest BCUT2D eigenvalue weighted by atomic mass is 16.6. The molecule has 4 heteroatoms. The summed E-state index contributed by atoms with van der Waals surface area (Å²) in [6.45, 7) is 3.18. The van der Waals surface area contributed by atoms with Crippen LogP contribution in [0.15, 0.2) is 42.2 Å². The fourth-order valence-corrected chi connectivity index (χ4v) is 2.76. The van der Waals surface area contributed by atoms with Crippen LogP contribution in [0.1, 0.15) is 12.0 Å². The van der Waals surface area contributed by atoms with E-state index in [1.807, 2.05) is 0 Å². The van der Waals surface area contributed by atoms with Gasteiger partial charge in [0.25, 0.3) is 0 Å². The van der Waals surface area contributed by atoms with E-state index in [1.54, 1.807) is 7.11 Å². The predicted molar refractivity (Wildman–Crippen MR) is 81.3 cm³/mol. The zero-order chi connectivity index (χ0) is 13.8. The Morgan fingerprint density at radius 1 is 1.35 bits per heavy atom. The van der Waals surface area contributed by atoms with Crippen molar-refractivity contribution in [1.29, 1.82) is 0 Å². The Morgan fingerprint density at radius 3 is 3.05 bits per heavy atom. The Balaban J connectivity index is 1.58. The lowest BCUT2D eigenvalue weighted by Gasteiger charge is -2.26. The van der Waals surface area contributed by atoms with Crippen molar-refractivity contribution in [3.05, 3.63) is 47.8 Å². The number of aromatic nitrogens is 1. The van der Waals surface area contributed by atoms with E-state index in [2.05, 4.69) is 51.9 Å². The van der Waals surface area contributed by atoms with E-state index in [1.165, 1.54) is 22.2 Å². The van der Waals surface area contributed by atoms with Gasteiger partial charge in [-0.3, -0.25) is 15.2 Å². The number of rotatable bonds is 5. The molecule has 0 saturated heterocycles. The molecule has 1 aromatic carbocycles. The fraction of sp³-hybridized carbons (Fsp3) is 0.375. The Labute approximate surface area is 119 Å². The fourth-order valence-electron chi connectivity index (χ4n) is 2.76. The Bertz CT molecular complexity index is 603. The molecule has 0 spiro atoms. The van der Waals surface area contributed by atoms with Crippen LogP contribution in [0.5, 0.6) is 0 Å². The first-order valence-corrected chi connectivity index (χ1v) is 7.12. The summed E-state index contributed by atoms with van der Waals surface area (Å²) in [5.74, 6) is 0. The smallest absolute Gasteiger partial charge is 0.0636 e. The number of benzene rings is 1. The predicted octanol–water partition coefficient (Wildman–Crippen LogP) is 2.45. The van der Waals surface area contributed by atoms with E-state index in [0.29, 0.717) is 0 Å². The number of hydrogen-bond acceptors (Lipinski definition) is 3. The van der Waals surface area contributed by atoms with Crippen molar-refractivity contribution in [3.63, 3.8) is 0 Å². The summed E-state index contributed by atoms with van der Waals surface area (Å²) < 4.78 is 0. The second-order valence-electron chi connectivity index (χ2n) is 5.20. The summed E-state index contributed by atoms with van der Waals surface area (Å²) in [4.78, 5) is 10.8. The molecule has 3 rings (SSSR count). The lowest BCUT2D eigenvalue weighted by atomic mass is 10.1. The number of fused-ring (bicyclic) bond motifs is 1. The van der Waals surface area contributed by atoms with Gasteiger partial charge in [0.2, 0.25) is 0 Å². The monoisotopic (exact) mass is 271 g/mol. The van der Waals surface area contributed by atoms with Crippen LogP contribution >= 0.6 is 0 Å². The summed E-state index contributed by atoms with van der Waals surface area (Å²) in [6, 6.07) is 8.50. The van der Waals surface area contributed by atoms with Crippen molar-refractivity contribution in [1.82, 2.24) is 15.4 Å². The minimum absolute atomic E-state index is 0.994. The summed E-state index contributed by atoms with van der Waals surface area (Å²) in [5, 5.41) is 1.35. The van der Waals surface area contributed by atoms with Gasteiger partial charge in [0, 0.05) is 48.9 Å². The second kappa shape index (κ2) is 6.11. The molecule has 2 aromatic rings. The Hall–Kier alpha value is -1.78. The first kappa shape index (κ1) is 13.2. The van der Waals surface area contributed by atoms with Gasteiger partial charge in [-0.25, -0.2) is 0 Å². The molecule has 2 heterocycles. The number of nitrogens with zero attached hydrogens (tertiary/aromatic N) is 1. The van der Waals surface area contributed by atoms with E-state index < -0.39 is 0 Å². The maximum Gasteiger partial charge on any atom is 0.0636 e. The van der Waals surface area contributed by atoms with Crippen molar-refractivity contribution in [2.75, 3.05) is 26.7 Å². The zero-order valence-corrected chi connectivity index (χ0v) is 11.9. The lowest BCUT2D eigenvalue weighted by molar-refractivity contribution is 0.109. The van der Waals surface area contributed by atoms with Gasteiger partial charge in [-0.05, 0) is 24.1 Å². The molecular formula is C16H21N3O. The third-order valence-electron chi connectivity index (χ3n) is 3.90. The third kappa shape index (κ3) is 2.86. The summed E-state index contributed by atoms with van der Waals surface area (Å²) in [5.41, 5.74) is 6.76. The maximum absolute atomic E-state index is 4.94. The zero-order valence-electron chi connectivity index (χ0n) is 11.9. The van der Waals surface area contributed by atoms with Gasteiger partial charge in [0.15, 0.2) is 0 Å². The van der Waals surface area contributed by atoms with Gasteiger partial charge < -0.3 is 4.98 Å². The van der Waals surface area contributed by atoms with Crippen LogP contribution < -0.4 is 5.48 Å². The molecule has 4 nitrogen and oxygen atoms in total. The summed E-state index contributed by atoms with van der Waals surface area (Å²) in [7, 11) is 1.66. The number of para-hydroxylation sites is 1. The van der Waals surface area contributed by atoms with Crippen molar-refractivity contribution in [3.8, 4) is 0 Å². The molecule has 20 heavy (non-hydrogen) atoms. The number of aromatic amines is 1. The first-order valence-electron chi connectivity index (χ1n) is 7.12. The standard InChI is InChI=1S/C16H21N3O/c1-20-18-14-7-10-19(11-8-14)9-6-13-12-17-16-5-3-2-4-15(13)16/h2-5,7,12,17-18H,6,8-11H2,1H3. The van der Waals surface area contributed by atoms with Crippen LogP contribution in [0.4, 0.5) is 0 Å².